The zero-order valence-corrected chi connectivity index (χ0v) is 19.5. The number of aryl methyl sites for hydroxylation is 2. The van der Waals surface area contributed by atoms with Crippen LogP contribution in [0.5, 0.6) is 0 Å². The van der Waals surface area contributed by atoms with Crippen LogP contribution in [0.4, 0.5) is 0 Å². The molecule has 1 aromatic carbocycles. The van der Waals surface area contributed by atoms with E-state index in [-0.39, 0.29) is 17.9 Å². The molecule has 2 amide bonds. The quantitative estimate of drug-likeness (QED) is 0.583. The fourth-order valence-electron chi connectivity index (χ4n) is 4.70. The van der Waals surface area contributed by atoms with Crippen molar-refractivity contribution in [3.05, 3.63) is 83.4 Å². The molecule has 1 aliphatic rings. The van der Waals surface area contributed by atoms with Crippen molar-refractivity contribution in [3.63, 3.8) is 0 Å². The van der Waals surface area contributed by atoms with Gasteiger partial charge in [-0.05, 0) is 55.9 Å². The molecule has 0 aliphatic carbocycles. The summed E-state index contributed by atoms with van der Waals surface area (Å²) in [7, 11) is 3.69. The molecule has 0 N–H and O–H groups in total. The van der Waals surface area contributed by atoms with E-state index in [2.05, 4.69) is 22.2 Å². The minimum Gasteiger partial charge on any atom is -0.339 e. The van der Waals surface area contributed by atoms with Crippen LogP contribution in [0.2, 0.25) is 0 Å². The second kappa shape index (κ2) is 9.98. The number of carbonyl (C=O) groups is 2. The van der Waals surface area contributed by atoms with E-state index in [1.807, 2.05) is 55.1 Å². The van der Waals surface area contributed by atoms with Gasteiger partial charge in [0.05, 0.1) is 5.56 Å². The van der Waals surface area contributed by atoms with Gasteiger partial charge in [0.2, 0.25) is 0 Å². The maximum Gasteiger partial charge on any atom is 0.274 e. The number of likely N-dealkylation sites (tertiary alicyclic amines) is 1. The maximum atomic E-state index is 13.2. The predicted octanol–water partition coefficient (Wildman–Crippen LogP) is 3.36. The number of hydrogen-bond donors (Lipinski definition) is 0. The summed E-state index contributed by atoms with van der Waals surface area (Å²) >= 11 is 0. The first-order chi connectivity index (χ1) is 15.9. The first-order valence-electron chi connectivity index (χ1n) is 11.5. The first kappa shape index (κ1) is 22.7. The Morgan fingerprint density at radius 1 is 1.09 bits per heavy atom. The van der Waals surface area contributed by atoms with Crippen LogP contribution in [-0.4, -0.2) is 62.6 Å². The molecule has 0 radical (unpaired) electrons. The van der Waals surface area contributed by atoms with Crippen LogP contribution >= 0.6 is 0 Å². The molecule has 1 atom stereocenters. The molecule has 1 aliphatic heterocycles. The van der Waals surface area contributed by atoms with Crippen molar-refractivity contribution in [3.8, 4) is 0 Å². The number of carbonyl (C=O) groups excluding carboxylic acids is 2. The fourth-order valence-corrected chi connectivity index (χ4v) is 4.70. The Hall–Kier alpha value is -3.48. The van der Waals surface area contributed by atoms with Gasteiger partial charge < -0.3 is 9.80 Å². The van der Waals surface area contributed by atoms with Gasteiger partial charge in [-0.25, -0.2) is 0 Å². The SMILES string of the molecule is Cc1ncccc1C(=O)N1CCC([C@H](Cc2ccccc2)N(C)C(=O)c2ccn(C)n2)CC1. The number of rotatable bonds is 6. The highest BCUT2D eigenvalue weighted by atomic mass is 16.2. The molecular weight excluding hydrogens is 414 g/mol. The van der Waals surface area contributed by atoms with Gasteiger partial charge >= 0.3 is 0 Å². The lowest BCUT2D eigenvalue weighted by Crippen LogP contribution is -2.48. The highest BCUT2D eigenvalue weighted by Crippen LogP contribution is 2.28. The molecule has 2 aromatic heterocycles. The van der Waals surface area contributed by atoms with Crippen molar-refractivity contribution in [2.45, 2.75) is 32.2 Å². The van der Waals surface area contributed by atoms with E-state index in [1.165, 1.54) is 5.56 Å². The Balaban J connectivity index is 1.49. The smallest absolute Gasteiger partial charge is 0.274 e. The Morgan fingerprint density at radius 3 is 2.45 bits per heavy atom. The third-order valence-corrected chi connectivity index (χ3v) is 6.65. The number of likely N-dealkylation sites (N-methyl/N-ethyl adjacent to an activating group) is 1. The third-order valence-electron chi connectivity index (χ3n) is 6.65. The summed E-state index contributed by atoms with van der Waals surface area (Å²) in [6.45, 7) is 3.22. The van der Waals surface area contributed by atoms with E-state index in [0.717, 1.165) is 25.0 Å². The standard InChI is InChI=1S/C26H31N5O2/c1-19-22(10-7-14-27-19)25(32)31-16-11-21(12-17-31)24(18-20-8-5-4-6-9-20)30(3)26(33)23-13-15-29(2)28-23/h4-10,13-15,21,24H,11-12,16-18H2,1-3H3/t24-/m0/s1. The Labute approximate surface area is 195 Å². The summed E-state index contributed by atoms with van der Waals surface area (Å²) in [4.78, 5) is 34.3. The van der Waals surface area contributed by atoms with Crippen molar-refractivity contribution >= 4 is 11.8 Å². The predicted molar refractivity (Wildman–Crippen MR) is 127 cm³/mol. The molecular formula is C26H31N5O2. The van der Waals surface area contributed by atoms with Gasteiger partial charge in [0.15, 0.2) is 0 Å². The second-order valence-corrected chi connectivity index (χ2v) is 8.81. The molecule has 1 saturated heterocycles. The average Bonchev–Trinajstić information content (AvgIpc) is 3.28. The molecule has 33 heavy (non-hydrogen) atoms. The van der Waals surface area contributed by atoms with E-state index in [4.69, 9.17) is 0 Å². The summed E-state index contributed by atoms with van der Waals surface area (Å²) in [6, 6.07) is 15.7. The first-order valence-corrected chi connectivity index (χ1v) is 11.5. The number of amides is 2. The van der Waals surface area contributed by atoms with Gasteiger partial charge in [0.1, 0.15) is 5.69 Å². The molecule has 3 heterocycles. The molecule has 172 valence electrons. The van der Waals surface area contributed by atoms with Crippen LogP contribution in [0.25, 0.3) is 0 Å². The van der Waals surface area contributed by atoms with Crippen molar-refractivity contribution in [2.75, 3.05) is 20.1 Å². The average molecular weight is 446 g/mol. The van der Waals surface area contributed by atoms with Crippen molar-refractivity contribution in [2.24, 2.45) is 13.0 Å². The topological polar surface area (TPSA) is 71.3 Å². The number of aromatic nitrogens is 3. The molecule has 0 unspecified atom stereocenters. The zero-order chi connectivity index (χ0) is 23.4. The van der Waals surface area contributed by atoms with E-state index >= 15 is 0 Å². The molecule has 7 nitrogen and oxygen atoms in total. The molecule has 4 rings (SSSR count). The second-order valence-electron chi connectivity index (χ2n) is 8.81. The Kier molecular flexibility index (Phi) is 6.87. The summed E-state index contributed by atoms with van der Waals surface area (Å²) in [5.74, 6) is 0.263. The molecule has 3 aromatic rings. The molecule has 1 fully saturated rings. The van der Waals surface area contributed by atoms with Crippen molar-refractivity contribution < 1.29 is 9.59 Å². The van der Waals surface area contributed by atoms with E-state index in [9.17, 15) is 9.59 Å². The van der Waals surface area contributed by atoms with Crippen molar-refractivity contribution in [1.82, 2.24) is 24.6 Å². The van der Waals surface area contributed by atoms with E-state index < -0.39 is 0 Å². The van der Waals surface area contributed by atoms with Gasteiger partial charge in [-0.1, -0.05) is 30.3 Å². The van der Waals surface area contributed by atoms with Gasteiger partial charge in [-0.3, -0.25) is 19.3 Å². The summed E-state index contributed by atoms with van der Waals surface area (Å²) in [5.41, 5.74) is 3.08. The third kappa shape index (κ3) is 5.13. The van der Waals surface area contributed by atoms with Crippen LogP contribution < -0.4 is 0 Å². The number of hydrogen-bond acceptors (Lipinski definition) is 4. The van der Waals surface area contributed by atoms with Crippen LogP contribution in [0, 0.1) is 12.8 Å². The normalized spacial score (nSPS) is 15.3. The molecule has 7 heteroatoms. The van der Waals surface area contributed by atoms with Crippen LogP contribution in [0.15, 0.2) is 60.9 Å². The number of pyridine rings is 1. The van der Waals surface area contributed by atoms with Gasteiger partial charge in [-0.2, -0.15) is 5.10 Å². The van der Waals surface area contributed by atoms with Gasteiger partial charge in [0.25, 0.3) is 11.8 Å². The van der Waals surface area contributed by atoms with Gasteiger partial charge in [-0.15, -0.1) is 0 Å². The number of benzene rings is 1. The highest BCUT2D eigenvalue weighted by molar-refractivity contribution is 5.95. The Bertz CT molecular complexity index is 1100. The van der Waals surface area contributed by atoms with Crippen LogP contribution in [0.3, 0.4) is 0 Å². The van der Waals surface area contributed by atoms with Crippen LogP contribution in [0.1, 0.15) is 44.9 Å². The largest absolute Gasteiger partial charge is 0.339 e. The van der Waals surface area contributed by atoms with E-state index in [0.29, 0.717) is 30.3 Å². The molecule has 0 bridgehead atoms. The number of nitrogens with zero attached hydrogens (tertiary/aromatic N) is 5. The summed E-state index contributed by atoms with van der Waals surface area (Å²) in [6.07, 6.45) is 5.97. The maximum absolute atomic E-state index is 13.2. The summed E-state index contributed by atoms with van der Waals surface area (Å²) < 4.78 is 1.65. The minimum atomic E-state index is -0.0685. The lowest BCUT2D eigenvalue weighted by Gasteiger charge is -2.40. The van der Waals surface area contributed by atoms with Crippen molar-refractivity contribution in [1.29, 1.82) is 0 Å². The lowest BCUT2D eigenvalue weighted by molar-refractivity contribution is 0.0518. The Morgan fingerprint density at radius 2 is 1.82 bits per heavy atom. The monoisotopic (exact) mass is 445 g/mol. The fraction of sp³-hybridized carbons (Fsp3) is 0.385. The summed E-state index contributed by atoms with van der Waals surface area (Å²) in [5, 5.41) is 4.31. The van der Waals surface area contributed by atoms with E-state index in [1.54, 1.807) is 29.2 Å². The minimum absolute atomic E-state index is 0.0271. The zero-order valence-electron chi connectivity index (χ0n) is 19.5. The lowest BCUT2D eigenvalue weighted by atomic mass is 9.84. The van der Waals surface area contributed by atoms with Gasteiger partial charge in [0, 0.05) is 51.3 Å². The number of piperidine rings is 1. The molecule has 0 spiro atoms. The van der Waals surface area contributed by atoms with Crippen LogP contribution in [-0.2, 0) is 13.5 Å². The highest BCUT2D eigenvalue weighted by Gasteiger charge is 2.34. The molecule has 0 saturated carbocycles.